The minimum Gasteiger partial charge on any atom is -0.497 e. The smallest absolute Gasteiger partial charge is 0.251 e. The number of para-hydroxylation sites is 1. The Balaban J connectivity index is 1.79. The van der Waals surface area contributed by atoms with E-state index in [0.717, 1.165) is 42.4 Å². The van der Waals surface area contributed by atoms with E-state index in [9.17, 15) is 4.79 Å². The molecule has 1 amide bonds. The van der Waals surface area contributed by atoms with Gasteiger partial charge < -0.3 is 4.74 Å². The number of aryl methyl sites for hydroxylation is 1. The maximum absolute atomic E-state index is 13.4. The third-order valence-electron chi connectivity index (χ3n) is 5.23. The summed E-state index contributed by atoms with van der Waals surface area (Å²) in [6, 6.07) is 13.8. The van der Waals surface area contributed by atoms with Crippen LogP contribution in [0.5, 0.6) is 5.75 Å². The number of benzene rings is 2. The minimum absolute atomic E-state index is 0.0451. The highest BCUT2D eigenvalue weighted by molar-refractivity contribution is 7.80. The van der Waals surface area contributed by atoms with Crippen LogP contribution >= 0.6 is 32.9 Å². The number of hydrogen-bond donors (Lipinski definition) is 0. The van der Waals surface area contributed by atoms with Gasteiger partial charge in [0.2, 0.25) is 0 Å². The van der Waals surface area contributed by atoms with Crippen molar-refractivity contribution >= 4 is 50.6 Å². The maximum Gasteiger partial charge on any atom is 0.251 e. The van der Waals surface area contributed by atoms with Crippen LogP contribution in [-0.2, 0) is 10.3 Å². The van der Waals surface area contributed by atoms with Gasteiger partial charge in [0.15, 0.2) is 0 Å². The van der Waals surface area contributed by atoms with Crippen LogP contribution in [0.25, 0.3) is 17.2 Å². The van der Waals surface area contributed by atoms with Crippen molar-refractivity contribution < 1.29 is 9.53 Å². The second-order valence-corrected chi connectivity index (χ2v) is 10.3. The molecule has 4 rings (SSSR count). The van der Waals surface area contributed by atoms with Gasteiger partial charge >= 0.3 is 0 Å². The molecule has 1 aliphatic rings. The molecular formula is C23H21NO2S3. The third-order valence-corrected chi connectivity index (χ3v) is 8.56. The van der Waals surface area contributed by atoms with Crippen molar-refractivity contribution in [3.8, 4) is 16.9 Å². The summed E-state index contributed by atoms with van der Waals surface area (Å²) in [5.41, 5.74) is 4.65. The molecule has 29 heavy (non-hydrogen) atoms. The van der Waals surface area contributed by atoms with Gasteiger partial charge in [0.1, 0.15) is 9.57 Å². The summed E-state index contributed by atoms with van der Waals surface area (Å²) in [5.74, 6) is 0.748. The van der Waals surface area contributed by atoms with Crippen LogP contribution in [0, 0.1) is 10.7 Å². The standard InChI is InChI=1S/C23H21NO2S3/c1-14-6-5-7-17-19-21(28-29-22(19)27)23(2,3)24(20(14)17)18(25)13-10-15-8-11-16(26-4)12-9-15/h5-13H,1-4H3. The topological polar surface area (TPSA) is 29.5 Å². The number of carbonyl (C=O) groups excluding carboxylic acids is 1. The maximum atomic E-state index is 13.4. The number of anilines is 1. The second-order valence-electron chi connectivity index (χ2n) is 7.47. The highest BCUT2D eigenvalue weighted by Crippen LogP contribution is 2.53. The first kappa shape index (κ1) is 20.0. The van der Waals surface area contributed by atoms with Crippen molar-refractivity contribution in [1.82, 2.24) is 0 Å². The summed E-state index contributed by atoms with van der Waals surface area (Å²) in [6.45, 7) is 6.24. The van der Waals surface area contributed by atoms with E-state index in [1.54, 1.807) is 33.9 Å². The Morgan fingerprint density at radius 2 is 1.86 bits per heavy atom. The molecule has 0 saturated carbocycles. The first-order valence-electron chi connectivity index (χ1n) is 9.24. The number of rotatable bonds is 3. The Labute approximate surface area is 183 Å². The van der Waals surface area contributed by atoms with E-state index in [2.05, 4.69) is 19.9 Å². The number of carbonyl (C=O) groups is 1. The molecule has 0 saturated heterocycles. The van der Waals surface area contributed by atoms with E-state index in [1.807, 2.05) is 54.3 Å². The normalized spacial score (nSPS) is 14.6. The van der Waals surface area contributed by atoms with Crippen molar-refractivity contribution in [1.29, 1.82) is 0 Å². The van der Waals surface area contributed by atoms with Crippen LogP contribution in [0.3, 0.4) is 0 Å². The van der Waals surface area contributed by atoms with Gasteiger partial charge in [-0.2, -0.15) is 0 Å². The summed E-state index contributed by atoms with van der Waals surface area (Å²) >= 11 is 5.64. The van der Waals surface area contributed by atoms with E-state index in [0.29, 0.717) is 0 Å². The summed E-state index contributed by atoms with van der Waals surface area (Å²) in [4.78, 5) is 16.5. The molecule has 0 spiro atoms. The van der Waals surface area contributed by atoms with E-state index in [4.69, 9.17) is 17.0 Å². The predicted molar refractivity (Wildman–Crippen MR) is 126 cm³/mol. The average Bonchev–Trinajstić information content (AvgIpc) is 3.10. The van der Waals surface area contributed by atoms with E-state index >= 15 is 0 Å². The Bertz CT molecular complexity index is 1170. The molecule has 0 radical (unpaired) electrons. The Kier molecular flexibility index (Phi) is 5.19. The Morgan fingerprint density at radius 1 is 1.14 bits per heavy atom. The molecule has 6 heteroatoms. The van der Waals surface area contributed by atoms with Gasteiger partial charge in [-0.3, -0.25) is 9.69 Å². The van der Waals surface area contributed by atoms with E-state index in [-0.39, 0.29) is 5.91 Å². The molecular weight excluding hydrogens is 418 g/mol. The number of nitrogens with zero attached hydrogens (tertiary/aromatic N) is 1. The number of fused-ring (bicyclic) bond motifs is 3. The van der Waals surface area contributed by atoms with Gasteiger partial charge in [0, 0.05) is 17.2 Å². The van der Waals surface area contributed by atoms with Crippen LogP contribution < -0.4 is 9.64 Å². The Hall–Kier alpha value is -2.28. The van der Waals surface area contributed by atoms with Gasteiger partial charge in [0.25, 0.3) is 5.91 Å². The molecule has 1 aliphatic heterocycles. The lowest BCUT2D eigenvalue weighted by Gasteiger charge is -2.43. The van der Waals surface area contributed by atoms with Crippen molar-refractivity contribution in [2.75, 3.05) is 12.0 Å². The number of amides is 1. The largest absolute Gasteiger partial charge is 0.497 e. The Morgan fingerprint density at radius 3 is 2.55 bits per heavy atom. The molecule has 2 aromatic carbocycles. The first-order chi connectivity index (χ1) is 13.8. The van der Waals surface area contributed by atoms with Crippen LogP contribution in [0.1, 0.15) is 29.9 Å². The average molecular weight is 440 g/mol. The zero-order chi connectivity index (χ0) is 20.8. The molecule has 0 fully saturated rings. The lowest BCUT2D eigenvalue weighted by molar-refractivity contribution is -0.115. The van der Waals surface area contributed by atoms with Gasteiger partial charge in [-0.05, 0) is 50.1 Å². The summed E-state index contributed by atoms with van der Waals surface area (Å²) in [7, 11) is 4.92. The monoisotopic (exact) mass is 439 g/mol. The molecule has 0 N–H and O–H groups in total. The van der Waals surface area contributed by atoms with Crippen molar-refractivity contribution in [3.05, 3.63) is 68.4 Å². The van der Waals surface area contributed by atoms with Crippen LogP contribution in [0.15, 0.2) is 48.5 Å². The molecule has 0 atom stereocenters. The fraction of sp³-hybridized carbons (Fsp3) is 0.217. The first-order valence-corrected chi connectivity index (χ1v) is 11.8. The van der Waals surface area contributed by atoms with Gasteiger partial charge in [-0.1, -0.05) is 63.2 Å². The molecule has 148 valence electrons. The summed E-state index contributed by atoms with van der Waals surface area (Å²) in [6.07, 6.45) is 3.50. The summed E-state index contributed by atoms with van der Waals surface area (Å²) in [5, 5.41) is 0. The van der Waals surface area contributed by atoms with E-state index in [1.165, 1.54) is 0 Å². The fourth-order valence-corrected chi connectivity index (χ4v) is 7.06. The van der Waals surface area contributed by atoms with E-state index < -0.39 is 5.54 Å². The highest BCUT2D eigenvalue weighted by atomic mass is 32.9. The molecule has 0 bridgehead atoms. The molecule has 3 aromatic rings. The van der Waals surface area contributed by atoms with Crippen molar-refractivity contribution in [2.24, 2.45) is 0 Å². The van der Waals surface area contributed by atoms with Gasteiger partial charge in [0.05, 0.1) is 23.2 Å². The molecule has 2 heterocycles. The second kappa shape index (κ2) is 7.52. The minimum atomic E-state index is -0.478. The van der Waals surface area contributed by atoms with Crippen molar-refractivity contribution in [2.45, 2.75) is 26.3 Å². The molecule has 3 nitrogen and oxygen atoms in total. The lowest BCUT2D eigenvalue weighted by atomic mass is 9.86. The highest BCUT2D eigenvalue weighted by Gasteiger charge is 2.42. The van der Waals surface area contributed by atoms with Crippen LogP contribution in [0.2, 0.25) is 0 Å². The van der Waals surface area contributed by atoms with Gasteiger partial charge in [-0.15, -0.1) is 0 Å². The van der Waals surface area contributed by atoms with Gasteiger partial charge in [-0.25, -0.2) is 0 Å². The third kappa shape index (κ3) is 3.35. The SMILES string of the molecule is COc1ccc(C=CC(=O)N2c3c(C)cccc3-c3c(ssc3=S)C2(C)C)cc1. The lowest BCUT2D eigenvalue weighted by Crippen LogP contribution is -2.47. The molecule has 0 aliphatic carbocycles. The molecule has 1 aromatic heterocycles. The molecule has 0 unspecified atom stereocenters. The summed E-state index contributed by atoms with van der Waals surface area (Å²) < 4.78 is 6.09. The zero-order valence-electron chi connectivity index (χ0n) is 16.7. The fourth-order valence-electron chi connectivity index (χ4n) is 3.78. The van der Waals surface area contributed by atoms with Crippen LogP contribution in [-0.4, -0.2) is 13.0 Å². The zero-order valence-corrected chi connectivity index (χ0v) is 19.1. The van der Waals surface area contributed by atoms with Crippen LogP contribution in [0.4, 0.5) is 5.69 Å². The quantitative estimate of drug-likeness (QED) is 0.255. The number of methoxy groups -OCH3 is 1. The number of hydrogen-bond acceptors (Lipinski definition) is 5. The number of ether oxygens (including phenoxy) is 1. The van der Waals surface area contributed by atoms with Crippen molar-refractivity contribution in [3.63, 3.8) is 0 Å². The predicted octanol–water partition coefficient (Wildman–Crippen LogP) is 6.82.